The summed E-state index contributed by atoms with van der Waals surface area (Å²) in [6.45, 7) is 12.3. The number of hydrogen-bond acceptors (Lipinski definition) is 6. The van der Waals surface area contributed by atoms with E-state index in [2.05, 4.69) is 49.4 Å². The molecule has 0 saturated heterocycles. The summed E-state index contributed by atoms with van der Waals surface area (Å²) < 4.78 is 28.7. The van der Waals surface area contributed by atoms with Gasteiger partial charge in [-0.05, 0) is 117 Å². The SMILES string of the molecule is C=Cc1ccc2c(n1)C(C)C(C1CC1)CC(C1=CC=C=CC(C)=C1)=N2.CC.N.N/C=C\C(=C/N)c1nc2cc(F)c(F)cc2n1C1CC1. The molecule has 1 aliphatic heterocycles. The van der Waals surface area contributed by atoms with Crippen molar-refractivity contribution in [1.82, 2.24) is 20.7 Å². The molecule has 1 aromatic carbocycles. The van der Waals surface area contributed by atoms with Gasteiger partial charge in [-0.25, -0.2) is 13.8 Å². The van der Waals surface area contributed by atoms with E-state index in [1.807, 2.05) is 42.7 Å². The Kier molecular flexibility index (Phi) is 11.9. The minimum Gasteiger partial charge on any atom is -0.405 e. The van der Waals surface area contributed by atoms with Crippen LogP contribution in [0.5, 0.6) is 0 Å². The van der Waals surface area contributed by atoms with E-state index >= 15 is 0 Å². The van der Waals surface area contributed by atoms with Crippen LogP contribution in [0.1, 0.15) is 89.0 Å². The van der Waals surface area contributed by atoms with E-state index in [0.717, 1.165) is 48.3 Å². The topological polar surface area (TPSA) is 130 Å². The number of nitrogens with zero attached hydrogens (tertiary/aromatic N) is 4. The average molecular weight is 652 g/mol. The number of aromatic nitrogens is 3. The summed E-state index contributed by atoms with van der Waals surface area (Å²) in [7, 11) is 0. The molecule has 0 radical (unpaired) electrons. The van der Waals surface area contributed by atoms with E-state index in [1.165, 1.54) is 48.2 Å². The van der Waals surface area contributed by atoms with Gasteiger partial charge in [-0.1, -0.05) is 27.4 Å². The molecule has 2 fully saturated rings. The molecule has 4 aliphatic rings. The Morgan fingerprint density at radius 2 is 1.79 bits per heavy atom. The molecule has 0 bridgehead atoms. The first-order valence-corrected chi connectivity index (χ1v) is 16.5. The summed E-state index contributed by atoms with van der Waals surface area (Å²) in [5.41, 5.74) is 22.5. The van der Waals surface area contributed by atoms with Crippen molar-refractivity contribution < 1.29 is 8.78 Å². The fourth-order valence-corrected chi connectivity index (χ4v) is 6.24. The molecule has 2 saturated carbocycles. The first-order valence-electron chi connectivity index (χ1n) is 16.5. The zero-order chi connectivity index (χ0) is 33.7. The van der Waals surface area contributed by atoms with Gasteiger partial charge in [0.25, 0.3) is 0 Å². The average Bonchev–Trinajstić information content (AvgIpc) is 4.00. The van der Waals surface area contributed by atoms with Crippen LogP contribution in [0.3, 0.4) is 0 Å². The molecule has 3 aliphatic carbocycles. The number of pyridine rings is 1. The number of nitrogens with two attached hydrogens (primary N) is 2. The molecule has 7 nitrogen and oxygen atoms in total. The van der Waals surface area contributed by atoms with Crippen LogP contribution < -0.4 is 17.6 Å². The second-order valence-corrected chi connectivity index (χ2v) is 12.2. The van der Waals surface area contributed by atoms with Crippen molar-refractivity contribution in [3.63, 3.8) is 0 Å². The highest BCUT2D eigenvalue weighted by Crippen LogP contribution is 2.49. The summed E-state index contributed by atoms with van der Waals surface area (Å²) in [4.78, 5) is 14.3. The number of imidazole rings is 1. The van der Waals surface area contributed by atoms with E-state index in [-0.39, 0.29) is 12.2 Å². The van der Waals surface area contributed by atoms with Crippen molar-refractivity contribution in [2.24, 2.45) is 28.3 Å². The molecule has 7 N–H and O–H groups in total. The van der Waals surface area contributed by atoms with Gasteiger partial charge >= 0.3 is 0 Å². The Labute approximate surface area is 282 Å². The summed E-state index contributed by atoms with van der Waals surface area (Å²) in [5.74, 6) is 0.647. The quantitative estimate of drug-likeness (QED) is 0.181. The standard InChI is InChI=1S/C23H24N2.C14H14F2N4.C2H6.H3N/c1-4-19-11-12-21-23(24-19)16(3)20(17-9-10-17)14-22(25-21)18-8-6-5-7-15(2)13-18;15-10-5-12-13(6-11(10)16)20(9-1-2-9)14(19-12)8(7-18)3-4-17;1-2;/h4,6-8,11-13,16-17,20H,1,9-10,14H2,2-3H3;3-7,9H,1-2,17-18H2;1-2H3;1H3/b;4-3-,8-7+;;. The van der Waals surface area contributed by atoms with Crippen LogP contribution in [0, 0.1) is 23.5 Å². The Balaban J connectivity index is 0.000000207. The molecule has 0 spiro atoms. The van der Waals surface area contributed by atoms with Gasteiger partial charge in [0, 0.05) is 41.6 Å². The lowest BCUT2D eigenvalue weighted by molar-refractivity contribution is 0.404. The van der Waals surface area contributed by atoms with Crippen LogP contribution in [0.25, 0.3) is 22.7 Å². The number of hydrogen-bond donors (Lipinski definition) is 3. The highest BCUT2D eigenvalue weighted by molar-refractivity contribution is 6.05. The van der Waals surface area contributed by atoms with Gasteiger partial charge in [0.15, 0.2) is 11.6 Å². The molecule has 3 aromatic rings. The molecular weight excluding hydrogens is 604 g/mol. The van der Waals surface area contributed by atoms with Crippen molar-refractivity contribution in [2.45, 2.75) is 71.8 Å². The molecular formula is C39H47F2N7. The Hall–Kier alpha value is -4.85. The third kappa shape index (κ3) is 7.81. The van der Waals surface area contributed by atoms with E-state index in [9.17, 15) is 8.78 Å². The maximum absolute atomic E-state index is 13.5. The van der Waals surface area contributed by atoms with Crippen molar-refractivity contribution in [2.75, 3.05) is 0 Å². The molecule has 2 atom stereocenters. The fraction of sp³-hybridized carbons (Fsp3) is 0.333. The minimum absolute atomic E-state index is 0. The van der Waals surface area contributed by atoms with Crippen LogP contribution in [-0.4, -0.2) is 20.2 Å². The normalized spacial score (nSPS) is 20.1. The molecule has 3 heterocycles. The lowest BCUT2D eigenvalue weighted by Crippen LogP contribution is -2.17. The van der Waals surface area contributed by atoms with Gasteiger partial charge < -0.3 is 22.2 Å². The highest BCUT2D eigenvalue weighted by atomic mass is 19.2. The van der Waals surface area contributed by atoms with Crippen LogP contribution in [0.2, 0.25) is 0 Å². The van der Waals surface area contributed by atoms with Crippen LogP contribution >= 0.6 is 0 Å². The molecule has 7 rings (SSSR count). The maximum atomic E-state index is 13.5. The third-order valence-corrected chi connectivity index (χ3v) is 8.86. The lowest BCUT2D eigenvalue weighted by atomic mass is 9.82. The predicted molar refractivity (Wildman–Crippen MR) is 195 cm³/mol. The number of benzene rings is 1. The summed E-state index contributed by atoms with van der Waals surface area (Å²) in [6, 6.07) is 6.65. The van der Waals surface area contributed by atoms with E-state index < -0.39 is 11.6 Å². The van der Waals surface area contributed by atoms with Gasteiger partial charge in [0.05, 0.1) is 28.1 Å². The zero-order valence-electron chi connectivity index (χ0n) is 28.4. The molecule has 252 valence electrons. The van der Waals surface area contributed by atoms with Gasteiger partial charge in [-0.2, -0.15) is 0 Å². The third-order valence-electron chi connectivity index (χ3n) is 8.86. The fourth-order valence-electron chi connectivity index (χ4n) is 6.24. The van der Waals surface area contributed by atoms with E-state index in [1.54, 1.807) is 6.08 Å². The maximum Gasteiger partial charge on any atom is 0.161 e. The van der Waals surface area contributed by atoms with Crippen LogP contribution in [-0.2, 0) is 0 Å². The molecule has 2 unspecified atom stereocenters. The van der Waals surface area contributed by atoms with Gasteiger partial charge in [-0.15, -0.1) is 5.73 Å². The van der Waals surface area contributed by atoms with Crippen molar-refractivity contribution >= 4 is 34.1 Å². The smallest absolute Gasteiger partial charge is 0.161 e. The zero-order valence-corrected chi connectivity index (χ0v) is 28.4. The van der Waals surface area contributed by atoms with Crippen LogP contribution in [0.4, 0.5) is 14.5 Å². The second kappa shape index (κ2) is 15.8. The first kappa shape index (κ1) is 36.0. The summed E-state index contributed by atoms with van der Waals surface area (Å²) in [5, 5.41) is 0. The van der Waals surface area contributed by atoms with E-state index in [0.29, 0.717) is 34.3 Å². The Morgan fingerprint density at radius 3 is 2.44 bits per heavy atom. The molecule has 48 heavy (non-hydrogen) atoms. The predicted octanol–water partition coefficient (Wildman–Crippen LogP) is 9.54. The Bertz CT molecular complexity index is 1880. The van der Waals surface area contributed by atoms with Gasteiger partial charge in [-0.3, -0.25) is 9.98 Å². The lowest BCUT2D eigenvalue weighted by Gasteiger charge is -2.22. The Morgan fingerprint density at radius 1 is 1.06 bits per heavy atom. The van der Waals surface area contributed by atoms with E-state index in [4.69, 9.17) is 21.4 Å². The summed E-state index contributed by atoms with van der Waals surface area (Å²) in [6.07, 6.45) is 20.2. The highest BCUT2D eigenvalue weighted by Gasteiger charge is 2.39. The largest absolute Gasteiger partial charge is 0.405 e. The second-order valence-electron chi connectivity index (χ2n) is 12.2. The van der Waals surface area contributed by atoms with Gasteiger partial charge in [0.2, 0.25) is 0 Å². The van der Waals surface area contributed by atoms with Crippen molar-refractivity contribution in [3.05, 3.63) is 119 Å². The first-order chi connectivity index (χ1) is 22.8. The minimum atomic E-state index is -0.905. The monoisotopic (exact) mass is 651 g/mol. The molecule has 2 aromatic heterocycles. The number of fused-ring (bicyclic) bond motifs is 2. The molecule has 9 heteroatoms. The molecule has 0 amide bonds. The van der Waals surface area contributed by atoms with Crippen LogP contribution in [0.15, 0.2) is 95.5 Å². The number of halogens is 2. The van der Waals surface area contributed by atoms with Gasteiger partial charge in [0.1, 0.15) is 5.82 Å². The van der Waals surface area contributed by atoms with Crippen molar-refractivity contribution in [1.29, 1.82) is 0 Å². The number of allylic oxidation sites excluding steroid dienone is 7. The summed E-state index contributed by atoms with van der Waals surface area (Å²) >= 11 is 0. The number of rotatable bonds is 6. The number of aliphatic imine (C=N–C) groups is 1. The van der Waals surface area contributed by atoms with Crippen molar-refractivity contribution in [3.8, 4) is 0 Å².